The fourth-order valence-corrected chi connectivity index (χ4v) is 2.17. The molecule has 0 aliphatic carbocycles. The summed E-state index contributed by atoms with van der Waals surface area (Å²) in [5.41, 5.74) is 2.84. The Hall–Kier alpha value is -2.34. The second-order valence-electron chi connectivity index (χ2n) is 7.05. The molecular weight excluding hydrogens is 304 g/mol. The average Bonchev–Trinajstić information content (AvgIpc) is 2.96. The van der Waals surface area contributed by atoms with E-state index in [2.05, 4.69) is 15.7 Å². The zero-order valence-corrected chi connectivity index (χ0v) is 14.7. The van der Waals surface area contributed by atoms with Gasteiger partial charge in [-0.2, -0.15) is 5.10 Å². The highest BCUT2D eigenvalue weighted by molar-refractivity contribution is 5.74. The predicted octanol–water partition coefficient (Wildman–Crippen LogP) is 2.29. The normalized spacial score (nSPS) is 12.7. The molecule has 2 amide bonds. The van der Waals surface area contributed by atoms with Gasteiger partial charge in [0, 0.05) is 31.9 Å². The number of amides is 2. The van der Waals surface area contributed by atoms with Crippen molar-refractivity contribution in [2.24, 2.45) is 12.5 Å². The molecule has 1 aromatic heterocycles. The summed E-state index contributed by atoms with van der Waals surface area (Å²) < 4.78 is 1.76. The van der Waals surface area contributed by atoms with Crippen LogP contribution >= 0.6 is 0 Å². The quantitative estimate of drug-likeness (QED) is 0.787. The Kier molecular flexibility index (Phi) is 5.62. The molecule has 2 aromatic rings. The Labute approximate surface area is 142 Å². The van der Waals surface area contributed by atoms with Crippen LogP contribution < -0.4 is 10.6 Å². The van der Waals surface area contributed by atoms with Crippen molar-refractivity contribution in [3.63, 3.8) is 0 Å². The molecule has 0 saturated carbocycles. The number of aliphatic hydroxyl groups is 1. The van der Waals surface area contributed by atoms with Crippen LogP contribution in [0.2, 0.25) is 0 Å². The lowest BCUT2D eigenvalue weighted by atomic mass is 9.89. The van der Waals surface area contributed by atoms with E-state index in [0.717, 1.165) is 16.7 Å². The number of nitrogens with one attached hydrogen (secondary N) is 2. The van der Waals surface area contributed by atoms with Crippen LogP contribution in [0, 0.1) is 5.41 Å². The maximum absolute atomic E-state index is 11.9. The molecule has 130 valence electrons. The third-order valence-electron chi connectivity index (χ3n) is 3.87. The van der Waals surface area contributed by atoms with Gasteiger partial charge < -0.3 is 15.7 Å². The molecule has 1 unspecified atom stereocenters. The number of carbonyl (C=O) groups is 1. The van der Waals surface area contributed by atoms with Crippen LogP contribution in [-0.2, 0) is 13.6 Å². The molecule has 3 N–H and O–H groups in total. The van der Waals surface area contributed by atoms with Crippen molar-refractivity contribution in [3.8, 4) is 11.1 Å². The Morgan fingerprint density at radius 1 is 1.29 bits per heavy atom. The summed E-state index contributed by atoms with van der Waals surface area (Å²) in [6.07, 6.45) is 3.18. The van der Waals surface area contributed by atoms with E-state index in [9.17, 15) is 9.90 Å². The van der Waals surface area contributed by atoms with Gasteiger partial charge in [0.25, 0.3) is 0 Å². The summed E-state index contributed by atoms with van der Waals surface area (Å²) in [6, 6.07) is 7.68. The third kappa shape index (κ3) is 5.09. The van der Waals surface area contributed by atoms with Gasteiger partial charge in [-0.3, -0.25) is 4.68 Å². The zero-order chi connectivity index (χ0) is 17.7. The molecule has 0 radical (unpaired) electrons. The van der Waals surface area contributed by atoms with Crippen molar-refractivity contribution in [2.75, 3.05) is 6.54 Å². The number of aryl methyl sites for hydroxylation is 1. The number of nitrogens with zero attached hydrogens (tertiary/aromatic N) is 2. The van der Waals surface area contributed by atoms with Crippen LogP contribution in [0.15, 0.2) is 36.7 Å². The Morgan fingerprint density at radius 3 is 2.67 bits per heavy atom. The van der Waals surface area contributed by atoms with Gasteiger partial charge in [-0.25, -0.2) is 4.79 Å². The van der Waals surface area contributed by atoms with Gasteiger partial charge in [-0.05, 0) is 22.6 Å². The van der Waals surface area contributed by atoms with Gasteiger partial charge in [0.2, 0.25) is 0 Å². The van der Waals surface area contributed by atoms with Crippen molar-refractivity contribution in [3.05, 3.63) is 42.2 Å². The van der Waals surface area contributed by atoms with E-state index in [1.165, 1.54) is 0 Å². The van der Waals surface area contributed by atoms with E-state index in [0.29, 0.717) is 6.54 Å². The number of urea groups is 1. The molecule has 2 rings (SSSR count). The summed E-state index contributed by atoms with van der Waals surface area (Å²) in [4.78, 5) is 11.9. The highest BCUT2D eigenvalue weighted by atomic mass is 16.3. The average molecular weight is 330 g/mol. The number of hydrogen-bond donors (Lipinski definition) is 3. The first-order valence-corrected chi connectivity index (χ1v) is 8.03. The molecule has 0 aliphatic heterocycles. The lowest BCUT2D eigenvalue weighted by molar-refractivity contribution is 0.0650. The highest BCUT2D eigenvalue weighted by Crippen LogP contribution is 2.19. The number of carbonyl (C=O) groups excluding carboxylic acids is 1. The van der Waals surface area contributed by atoms with Gasteiger partial charge in [0.05, 0.1) is 12.3 Å². The largest absolute Gasteiger partial charge is 0.391 e. The van der Waals surface area contributed by atoms with E-state index >= 15 is 0 Å². The van der Waals surface area contributed by atoms with E-state index in [1.54, 1.807) is 4.68 Å². The van der Waals surface area contributed by atoms with Gasteiger partial charge in [0.15, 0.2) is 0 Å². The maximum Gasteiger partial charge on any atom is 0.315 e. The lowest BCUT2D eigenvalue weighted by Crippen LogP contribution is -2.43. The summed E-state index contributed by atoms with van der Waals surface area (Å²) in [5, 5.41) is 19.6. The minimum Gasteiger partial charge on any atom is -0.391 e. The number of benzene rings is 1. The maximum atomic E-state index is 11.9. The smallest absolute Gasteiger partial charge is 0.315 e. The number of rotatable bonds is 5. The van der Waals surface area contributed by atoms with Crippen LogP contribution in [-0.4, -0.2) is 33.6 Å². The second kappa shape index (κ2) is 7.49. The topological polar surface area (TPSA) is 79.2 Å². The molecule has 1 aromatic carbocycles. The molecule has 0 bridgehead atoms. The summed E-state index contributed by atoms with van der Waals surface area (Å²) in [6.45, 7) is 6.44. The first kappa shape index (κ1) is 18.0. The molecule has 0 aliphatic rings. The summed E-state index contributed by atoms with van der Waals surface area (Å²) >= 11 is 0. The van der Waals surface area contributed by atoms with Crippen LogP contribution in [0.3, 0.4) is 0 Å². The number of aliphatic hydroxyl groups excluding tert-OH is 1. The van der Waals surface area contributed by atoms with Gasteiger partial charge in [-0.1, -0.05) is 39.0 Å². The van der Waals surface area contributed by atoms with Crippen molar-refractivity contribution < 1.29 is 9.90 Å². The predicted molar refractivity (Wildman–Crippen MR) is 94.3 cm³/mol. The standard InChI is InChI=1S/C18H26N4O2/c1-18(2,3)16(23)11-20-17(24)19-9-13-6-5-7-14(8-13)15-10-21-22(4)12-15/h5-8,10,12,16,23H,9,11H2,1-4H3,(H2,19,20,24). The first-order valence-electron chi connectivity index (χ1n) is 8.03. The van der Waals surface area contributed by atoms with Crippen LogP contribution in [0.5, 0.6) is 0 Å². The van der Waals surface area contributed by atoms with Crippen molar-refractivity contribution >= 4 is 6.03 Å². The number of hydrogen-bond acceptors (Lipinski definition) is 3. The molecule has 24 heavy (non-hydrogen) atoms. The molecule has 6 nitrogen and oxygen atoms in total. The molecule has 0 fully saturated rings. The first-order chi connectivity index (χ1) is 11.3. The van der Waals surface area contributed by atoms with Crippen LogP contribution in [0.4, 0.5) is 4.79 Å². The molecule has 1 heterocycles. The van der Waals surface area contributed by atoms with Gasteiger partial charge in [0.1, 0.15) is 0 Å². The van der Waals surface area contributed by atoms with Gasteiger partial charge >= 0.3 is 6.03 Å². The molecule has 1 atom stereocenters. The second-order valence-corrected chi connectivity index (χ2v) is 7.05. The van der Waals surface area contributed by atoms with E-state index < -0.39 is 6.10 Å². The van der Waals surface area contributed by atoms with Crippen LogP contribution in [0.25, 0.3) is 11.1 Å². The fraction of sp³-hybridized carbons (Fsp3) is 0.444. The van der Waals surface area contributed by atoms with E-state index in [1.807, 2.05) is 64.5 Å². The van der Waals surface area contributed by atoms with Crippen LogP contribution in [0.1, 0.15) is 26.3 Å². The Morgan fingerprint density at radius 2 is 2.04 bits per heavy atom. The van der Waals surface area contributed by atoms with Crippen molar-refractivity contribution in [2.45, 2.75) is 33.4 Å². The summed E-state index contributed by atoms with van der Waals surface area (Å²) in [7, 11) is 1.88. The molecule has 0 saturated heterocycles. The monoisotopic (exact) mass is 330 g/mol. The fourth-order valence-electron chi connectivity index (χ4n) is 2.17. The molecular formula is C18H26N4O2. The minimum atomic E-state index is -0.586. The molecule has 0 spiro atoms. The lowest BCUT2D eigenvalue weighted by Gasteiger charge is -2.25. The van der Waals surface area contributed by atoms with Crippen molar-refractivity contribution in [1.29, 1.82) is 0 Å². The third-order valence-corrected chi connectivity index (χ3v) is 3.87. The van der Waals surface area contributed by atoms with E-state index in [4.69, 9.17) is 0 Å². The van der Waals surface area contributed by atoms with Gasteiger partial charge in [-0.15, -0.1) is 0 Å². The SMILES string of the molecule is Cn1cc(-c2cccc(CNC(=O)NCC(O)C(C)(C)C)c2)cn1. The number of aromatic nitrogens is 2. The zero-order valence-electron chi connectivity index (χ0n) is 14.7. The minimum absolute atomic E-state index is 0.227. The highest BCUT2D eigenvalue weighted by Gasteiger charge is 2.22. The summed E-state index contributed by atoms with van der Waals surface area (Å²) in [5.74, 6) is 0. The van der Waals surface area contributed by atoms with Crippen molar-refractivity contribution in [1.82, 2.24) is 20.4 Å². The molecule has 6 heteroatoms. The van der Waals surface area contributed by atoms with E-state index in [-0.39, 0.29) is 18.0 Å². The Bertz CT molecular complexity index is 688. The Balaban J connectivity index is 1.87.